The van der Waals surface area contributed by atoms with Gasteiger partial charge < -0.3 is 10.8 Å². The molecule has 0 unspecified atom stereocenters. The van der Waals surface area contributed by atoms with Gasteiger partial charge in [-0.05, 0) is 12.1 Å². The number of hydrogen-bond donors (Lipinski definition) is 2. The van der Waals surface area contributed by atoms with Crippen LogP contribution in [0.25, 0.3) is 0 Å². The minimum atomic E-state index is -0.959. The smallest absolute Gasteiger partial charge is 0.142 e. The SMILES string of the molecule is NC[C@H](O)c1cc(F)c(Cl)cc1Cl. The lowest BCUT2D eigenvalue weighted by atomic mass is 10.1. The van der Waals surface area contributed by atoms with Crippen LogP contribution < -0.4 is 5.73 Å². The molecule has 13 heavy (non-hydrogen) atoms. The lowest BCUT2D eigenvalue weighted by Gasteiger charge is -2.10. The van der Waals surface area contributed by atoms with E-state index in [0.29, 0.717) is 0 Å². The molecule has 1 rings (SSSR count). The molecular weight excluding hydrogens is 216 g/mol. The van der Waals surface area contributed by atoms with Crippen molar-refractivity contribution in [1.29, 1.82) is 0 Å². The fraction of sp³-hybridized carbons (Fsp3) is 0.250. The summed E-state index contributed by atoms with van der Waals surface area (Å²) in [7, 11) is 0. The van der Waals surface area contributed by atoms with E-state index in [2.05, 4.69) is 0 Å². The van der Waals surface area contributed by atoms with Crippen molar-refractivity contribution in [1.82, 2.24) is 0 Å². The highest BCUT2D eigenvalue weighted by Crippen LogP contribution is 2.28. The molecule has 1 aromatic rings. The van der Waals surface area contributed by atoms with Crippen molar-refractivity contribution < 1.29 is 9.50 Å². The van der Waals surface area contributed by atoms with Gasteiger partial charge in [-0.3, -0.25) is 0 Å². The summed E-state index contributed by atoms with van der Waals surface area (Å²) in [4.78, 5) is 0. The number of halogens is 3. The van der Waals surface area contributed by atoms with Crippen molar-refractivity contribution in [2.24, 2.45) is 5.73 Å². The van der Waals surface area contributed by atoms with Gasteiger partial charge in [0.25, 0.3) is 0 Å². The molecule has 0 aliphatic carbocycles. The number of nitrogens with two attached hydrogens (primary N) is 1. The second-order valence-electron chi connectivity index (χ2n) is 2.54. The van der Waals surface area contributed by atoms with Crippen LogP contribution in [-0.2, 0) is 0 Å². The van der Waals surface area contributed by atoms with E-state index in [0.717, 1.165) is 6.07 Å². The minimum absolute atomic E-state index is 0.0131. The Morgan fingerprint density at radius 1 is 1.38 bits per heavy atom. The van der Waals surface area contributed by atoms with E-state index in [9.17, 15) is 9.50 Å². The fourth-order valence-electron chi connectivity index (χ4n) is 0.920. The summed E-state index contributed by atoms with van der Waals surface area (Å²) in [5.41, 5.74) is 5.45. The maximum Gasteiger partial charge on any atom is 0.142 e. The van der Waals surface area contributed by atoms with Crippen LogP contribution in [0.4, 0.5) is 4.39 Å². The van der Waals surface area contributed by atoms with E-state index < -0.39 is 11.9 Å². The third-order valence-corrected chi connectivity index (χ3v) is 2.24. The summed E-state index contributed by atoms with van der Waals surface area (Å²) >= 11 is 11.2. The van der Waals surface area contributed by atoms with Gasteiger partial charge in [-0.15, -0.1) is 0 Å². The van der Waals surface area contributed by atoms with Gasteiger partial charge >= 0.3 is 0 Å². The second kappa shape index (κ2) is 4.24. The molecule has 0 aromatic heterocycles. The van der Waals surface area contributed by atoms with Crippen molar-refractivity contribution in [2.75, 3.05) is 6.54 Å². The molecule has 3 N–H and O–H groups in total. The van der Waals surface area contributed by atoms with Crippen molar-refractivity contribution >= 4 is 23.2 Å². The van der Waals surface area contributed by atoms with Gasteiger partial charge in [-0.25, -0.2) is 4.39 Å². The first-order valence-corrected chi connectivity index (χ1v) is 4.34. The van der Waals surface area contributed by atoms with Crippen LogP contribution in [0, 0.1) is 5.82 Å². The zero-order chi connectivity index (χ0) is 10.0. The van der Waals surface area contributed by atoms with E-state index in [1.54, 1.807) is 0 Å². The average molecular weight is 224 g/mol. The topological polar surface area (TPSA) is 46.2 Å². The van der Waals surface area contributed by atoms with Crippen molar-refractivity contribution in [2.45, 2.75) is 6.10 Å². The molecule has 1 aromatic carbocycles. The largest absolute Gasteiger partial charge is 0.387 e. The minimum Gasteiger partial charge on any atom is -0.387 e. The van der Waals surface area contributed by atoms with Crippen molar-refractivity contribution in [3.63, 3.8) is 0 Å². The number of aliphatic hydroxyl groups is 1. The van der Waals surface area contributed by atoms with Gasteiger partial charge in [0, 0.05) is 17.1 Å². The van der Waals surface area contributed by atoms with Crippen LogP contribution in [0.5, 0.6) is 0 Å². The molecule has 0 bridgehead atoms. The van der Waals surface area contributed by atoms with E-state index in [-0.39, 0.29) is 22.2 Å². The van der Waals surface area contributed by atoms with E-state index in [4.69, 9.17) is 28.9 Å². The number of hydrogen-bond acceptors (Lipinski definition) is 2. The van der Waals surface area contributed by atoms with Crippen molar-refractivity contribution in [3.8, 4) is 0 Å². The molecule has 0 fully saturated rings. The molecule has 72 valence electrons. The molecular formula is C8H8Cl2FNO. The summed E-state index contributed by atoms with van der Waals surface area (Å²) in [6, 6.07) is 2.33. The van der Waals surface area contributed by atoms with Crippen LogP contribution in [0.2, 0.25) is 10.0 Å². The molecule has 0 saturated carbocycles. The Morgan fingerprint density at radius 2 is 2.00 bits per heavy atom. The predicted octanol–water partition coefficient (Wildman–Crippen LogP) is 2.12. The molecule has 0 saturated heterocycles. The Morgan fingerprint density at radius 3 is 2.54 bits per heavy atom. The van der Waals surface area contributed by atoms with Crippen LogP contribution in [0.3, 0.4) is 0 Å². The Kier molecular flexibility index (Phi) is 3.50. The molecule has 0 amide bonds. The number of aliphatic hydroxyl groups excluding tert-OH is 1. The molecule has 0 aliphatic rings. The fourth-order valence-corrected chi connectivity index (χ4v) is 1.43. The molecule has 0 aliphatic heterocycles. The standard InChI is InChI=1S/C8H8Cl2FNO/c9-5-2-6(10)7(11)1-4(5)8(13)3-12/h1-2,8,13H,3,12H2/t8-/m0/s1. The van der Waals surface area contributed by atoms with Gasteiger partial charge in [0.05, 0.1) is 11.1 Å². The van der Waals surface area contributed by atoms with Gasteiger partial charge in [0.15, 0.2) is 0 Å². The zero-order valence-electron chi connectivity index (χ0n) is 6.60. The van der Waals surface area contributed by atoms with Gasteiger partial charge in [-0.2, -0.15) is 0 Å². The maximum atomic E-state index is 12.9. The maximum absolute atomic E-state index is 12.9. The van der Waals surface area contributed by atoms with E-state index in [1.807, 2.05) is 0 Å². The van der Waals surface area contributed by atoms with Crippen LogP contribution in [-0.4, -0.2) is 11.7 Å². The van der Waals surface area contributed by atoms with Crippen LogP contribution >= 0.6 is 23.2 Å². The summed E-state index contributed by atoms with van der Waals surface area (Å²) in [6.45, 7) is -0.0131. The van der Waals surface area contributed by atoms with Crippen LogP contribution in [0.1, 0.15) is 11.7 Å². The molecule has 2 nitrogen and oxygen atoms in total. The molecule has 5 heteroatoms. The molecule has 1 atom stereocenters. The number of benzene rings is 1. The van der Waals surface area contributed by atoms with E-state index in [1.165, 1.54) is 6.07 Å². The summed E-state index contributed by atoms with van der Waals surface area (Å²) < 4.78 is 12.9. The Hall–Kier alpha value is -0.350. The van der Waals surface area contributed by atoms with Gasteiger partial charge in [0.2, 0.25) is 0 Å². The highest BCUT2D eigenvalue weighted by atomic mass is 35.5. The highest BCUT2D eigenvalue weighted by Gasteiger charge is 2.13. The molecule has 0 radical (unpaired) electrons. The van der Waals surface area contributed by atoms with Crippen LogP contribution in [0.15, 0.2) is 12.1 Å². The Labute approximate surface area is 85.1 Å². The van der Waals surface area contributed by atoms with Gasteiger partial charge in [0.1, 0.15) is 5.82 Å². The first-order chi connectivity index (χ1) is 6.06. The zero-order valence-corrected chi connectivity index (χ0v) is 8.11. The summed E-state index contributed by atoms with van der Waals surface area (Å²) in [6.07, 6.45) is -0.959. The Balaban J connectivity index is 3.15. The van der Waals surface area contributed by atoms with Gasteiger partial charge in [-0.1, -0.05) is 23.2 Å². The first kappa shape index (κ1) is 10.7. The number of rotatable bonds is 2. The normalized spacial score (nSPS) is 13.0. The predicted molar refractivity (Wildman–Crippen MR) is 50.4 cm³/mol. The summed E-state index contributed by atoms with van der Waals surface area (Å²) in [5.74, 6) is -0.617. The average Bonchev–Trinajstić information content (AvgIpc) is 2.10. The lowest BCUT2D eigenvalue weighted by Crippen LogP contribution is -2.12. The third-order valence-electron chi connectivity index (χ3n) is 1.62. The Bertz CT molecular complexity index is 319. The third kappa shape index (κ3) is 2.31. The quantitative estimate of drug-likeness (QED) is 0.755. The van der Waals surface area contributed by atoms with Crippen molar-refractivity contribution in [3.05, 3.63) is 33.6 Å². The lowest BCUT2D eigenvalue weighted by molar-refractivity contribution is 0.186. The summed E-state index contributed by atoms with van der Waals surface area (Å²) in [5, 5.41) is 9.45. The molecule has 0 spiro atoms. The van der Waals surface area contributed by atoms with E-state index >= 15 is 0 Å². The molecule has 0 heterocycles. The first-order valence-electron chi connectivity index (χ1n) is 3.59. The monoisotopic (exact) mass is 223 g/mol. The highest BCUT2D eigenvalue weighted by molar-refractivity contribution is 6.35. The second-order valence-corrected chi connectivity index (χ2v) is 3.35.